The van der Waals surface area contributed by atoms with Crippen LogP contribution < -0.4 is 11.1 Å². The van der Waals surface area contributed by atoms with Gasteiger partial charge in [0.2, 0.25) is 5.91 Å². The molecule has 1 aromatic carbocycles. The van der Waals surface area contributed by atoms with Crippen LogP contribution in [0.25, 0.3) is 0 Å². The number of nitro groups is 1. The number of hydrogen-bond donors (Lipinski definition) is 2. The molecule has 2 rings (SSSR count). The number of rotatable bonds is 3. The van der Waals surface area contributed by atoms with Gasteiger partial charge in [-0.1, -0.05) is 0 Å². The van der Waals surface area contributed by atoms with Gasteiger partial charge in [-0.25, -0.2) is 0 Å². The van der Waals surface area contributed by atoms with E-state index in [1.54, 1.807) is 26.8 Å². The molecule has 1 saturated heterocycles. The molecule has 0 radical (unpaired) electrons. The van der Waals surface area contributed by atoms with Crippen LogP contribution in [0, 0.1) is 29.4 Å². The number of benzene rings is 1. The number of aryl methyl sites for hydroxylation is 2. The first-order valence-electron chi connectivity index (χ1n) is 6.66. The molecule has 21 heavy (non-hydrogen) atoms. The number of carbonyl (C=O) groups excluding carboxylic acids is 1. The third-order valence-corrected chi connectivity index (χ3v) is 4.02. The fraction of sp³-hybridized carbons (Fsp3) is 0.500. The van der Waals surface area contributed by atoms with Gasteiger partial charge in [0.15, 0.2) is 0 Å². The molecule has 0 spiro atoms. The van der Waals surface area contributed by atoms with E-state index in [1.165, 1.54) is 6.07 Å². The van der Waals surface area contributed by atoms with Crippen molar-refractivity contribution in [2.24, 2.45) is 11.1 Å². The number of carbonyl (C=O) groups is 1. The number of amides is 1. The second-order valence-electron chi connectivity index (χ2n) is 5.70. The van der Waals surface area contributed by atoms with Gasteiger partial charge in [0.05, 0.1) is 29.2 Å². The molecule has 0 aliphatic carbocycles. The molecule has 1 aliphatic rings. The van der Waals surface area contributed by atoms with E-state index >= 15 is 0 Å². The van der Waals surface area contributed by atoms with Crippen molar-refractivity contribution in [2.75, 3.05) is 18.5 Å². The molecule has 1 fully saturated rings. The molecule has 1 aromatic rings. The van der Waals surface area contributed by atoms with E-state index in [4.69, 9.17) is 10.5 Å². The van der Waals surface area contributed by atoms with Crippen LogP contribution in [0.5, 0.6) is 0 Å². The zero-order valence-corrected chi connectivity index (χ0v) is 12.3. The predicted molar refractivity (Wildman–Crippen MR) is 78.1 cm³/mol. The molecule has 0 aromatic heterocycles. The van der Waals surface area contributed by atoms with E-state index < -0.39 is 16.4 Å². The van der Waals surface area contributed by atoms with Crippen LogP contribution in [-0.4, -0.2) is 30.1 Å². The quantitative estimate of drug-likeness (QED) is 0.649. The van der Waals surface area contributed by atoms with Crippen LogP contribution in [0.1, 0.15) is 18.1 Å². The van der Waals surface area contributed by atoms with E-state index in [0.29, 0.717) is 17.9 Å². The number of anilines is 1. The Bertz CT molecular complexity index is 602. The van der Waals surface area contributed by atoms with Crippen molar-refractivity contribution in [1.29, 1.82) is 0 Å². The molecule has 0 bridgehead atoms. The second kappa shape index (κ2) is 5.42. The molecule has 1 heterocycles. The molecular formula is C14H19N3O4. The van der Waals surface area contributed by atoms with Gasteiger partial charge in [0, 0.05) is 17.7 Å². The summed E-state index contributed by atoms with van der Waals surface area (Å²) in [5, 5.41) is 13.7. The molecule has 1 amide bonds. The highest BCUT2D eigenvalue weighted by Gasteiger charge is 2.44. The molecule has 2 atom stereocenters. The molecule has 0 saturated carbocycles. The smallest absolute Gasteiger partial charge is 0.274 e. The van der Waals surface area contributed by atoms with Gasteiger partial charge in [0.1, 0.15) is 0 Å². The SMILES string of the molecule is Cc1cc(C)c([N+](=O)[O-])cc1NC(=O)C1(C)COCC1N. The Labute approximate surface area is 122 Å². The van der Waals surface area contributed by atoms with Crippen LogP contribution in [0.2, 0.25) is 0 Å². The topological polar surface area (TPSA) is 107 Å². The lowest BCUT2D eigenvalue weighted by Crippen LogP contribution is -2.47. The van der Waals surface area contributed by atoms with Crippen molar-refractivity contribution < 1.29 is 14.5 Å². The minimum Gasteiger partial charge on any atom is -0.379 e. The number of ether oxygens (including phenoxy) is 1. The average Bonchev–Trinajstić information content (AvgIpc) is 2.73. The summed E-state index contributed by atoms with van der Waals surface area (Å²) in [6.45, 7) is 5.76. The summed E-state index contributed by atoms with van der Waals surface area (Å²) in [7, 11) is 0. The van der Waals surface area contributed by atoms with Crippen molar-refractivity contribution in [3.8, 4) is 0 Å². The monoisotopic (exact) mass is 293 g/mol. The number of hydrogen-bond acceptors (Lipinski definition) is 5. The summed E-state index contributed by atoms with van der Waals surface area (Å²) in [6, 6.07) is 2.67. The van der Waals surface area contributed by atoms with Gasteiger partial charge in [-0.3, -0.25) is 14.9 Å². The maximum atomic E-state index is 12.4. The van der Waals surface area contributed by atoms with Crippen molar-refractivity contribution >= 4 is 17.3 Å². The minimum atomic E-state index is -0.827. The Morgan fingerprint density at radius 3 is 2.67 bits per heavy atom. The first-order valence-corrected chi connectivity index (χ1v) is 6.66. The van der Waals surface area contributed by atoms with Crippen molar-refractivity contribution in [2.45, 2.75) is 26.8 Å². The van der Waals surface area contributed by atoms with E-state index in [1.807, 2.05) is 0 Å². The highest BCUT2D eigenvalue weighted by Crippen LogP contribution is 2.31. The van der Waals surface area contributed by atoms with Gasteiger partial charge in [-0.05, 0) is 32.4 Å². The number of nitrogens with one attached hydrogen (secondary N) is 1. The maximum Gasteiger partial charge on any atom is 0.274 e. The largest absolute Gasteiger partial charge is 0.379 e. The lowest BCUT2D eigenvalue weighted by atomic mass is 9.84. The van der Waals surface area contributed by atoms with E-state index in [0.717, 1.165) is 5.56 Å². The van der Waals surface area contributed by atoms with Crippen LogP contribution in [-0.2, 0) is 9.53 Å². The Hall–Kier alpha value is -1.99. The number of nitro benzene ring substituents is 1. The van der Waals surface area contributed by atoms with Gasteiger partial charge in [-0.2, -0.15) is 0 Å². The highest BCUT2D eigenvalue weighted by molar-refractivity contribution is 5.97. The molecule has 114 valence electrons. The third-order valence-electron chi connectivity index (χ3n) is 4.02. The van der Waals surface area contributed by atoms with Crippen LogP contribution >= 0.6 is 0 Å². The van der Waals surface area contributed by atoms with E-state index in [9.17, 15) is 14.9 Å². The second-order valence-corrected chi connectivity index (χ2v) is 5.70. The average molecular weight is 293 g/mol. The first kappa shape index (κ1) is 15.4. The van der Waals surface area contributed by atoms with Crippen molar-refractivity contribution in [3.05, 3.63) is 33.4 Å². The zero-order valence-electron chi connectivity index (χ0n) is 12.3. The molecule has 2 unspecified atom stereocenters. The van der Waals surface area contributed by atoms with Crippen LogP contribution in [0.15, 0.2) is 12.1 Å². The summed E-state index contributed by atoms with van der Waals surface area (Å²) in [5.74, 6) is -0.284. The minimum absolute atomic E-state index is 0.0203. The summed E-state index contributed by atoms with van der Waals surface area (Å²) >= 11 is 0. The lowest BCUT2D eigenvalue weighted by Gasteiger charge is -2.25. The molecule has 3 N–H and O–H groups in total. The summed E-state index contributed by atoms with van der Waals surface area (Å²) in [4.78, 5) is 23.0. The summed E-state index contributed by atoms with van der Waals surface area (Å²) < 4.78 is 5.25. The Kier molecular flexibility index (Phi) is 3.97. The zero-order chi connectivity index (χ0) is 15.8. The van der Waals surface area contributed by atoms with E-state index in [2.05, 4.69) is 5.32 Å². The van der Waals surface area contributed by atoms with E-state index in [-0.39, 0.29) is 18.2 Å². The highest BCUT2D eigenvalue weighted by atomic mass is 16.6. The molecule has 7 nitrogen and oxygen atoms in total. The predicted octanol–water partition coefficient (Wildman–Crippen LogP) is 1.51. The van der Waals surface area contributed by atoms with Crippen molar-refractivity contribution in [1.82, 2.24) is 0 Å². The molecule has 7 heteroatoms. The Morgan fingerprint density at radius 2 is 2.14 bits per heavy atom. The van der Waals surface area contributed by atoms with Gasteiger partial charge in [0.25, 0.3) is 5.69 Å². The fourth-order valence-corrected chi connectivity index (χ4v) is 2.36. The van der Waals surface area contributed by atoms with Crippen LogP contribution in [0.4, 0.5) is 11.4 Å². The fourth-order valence-electron chi connectivity index (χ4n) is 2.36. The first-order chi connectivity index (χ1) is 9.75. The standard InChI is InChI=1S/C14H19N3O4/c1-8-4-9(2)11(17(19)20)5-10(8)16-13(18)14(3)7-21-6-12(14)15/h4-5,12H,6-7,15H2,1-3H3,(H,16,18). The van der Waals surface area contributed by atoms with Crippen LogP contribution in [0.3, 0.4) is 0 Å². The van der Waals surface area contributed by atoms with Crippen molar-refractivity contribution in [3.63, 3.8) is 0 Å². The third kappa shape index (κ3) is 2.74. The van der Waals surface area contributed by atoms with Gasteiger partial charge >= 0.3 is 0 Å². The Balaban J connectivity index is 2.29. The summed E-state index contributed by atoms with van der Waals surface area (Å²) in [6.07, 6.45) is 0. The van der Waals surface area contributed by atoms with Gasteiger partial charge in [-0.15, -0.1) is 0 Å². The number of nitrogens with zero attached hydrogens (tertiary/aromatic N) is 1. The lowest BCUT2D eigenvalue weighted by molar-refractivity contribution is -0.385. The molecule has 1 aliphatic heterocycles. The summed E-state index contributed by atoms with van der Waals surface area (Å²) in [5.41, 5.74) is 6.82. The number of nitrogens with two attached hydrogens (primary N) is 1. The normalized spacial score (nSPS) is 24.9. The molecular weight excluding hydrogens is 274 g/mol. The maximum absolute atomic E-state index is 12.4. The van der Waals surface area contributed by atoms with Gasteiger partial charge < -0.3 is 15.8 Å². The Morgan fingerprint density at radius 1 is 1.48 bits per heavy atom.